The van der Waals surface area contributed by atoms with Crippen molar-refractivity contribution in [2.24, 2.45) is 29.1 Å². The van der Waals surface area contributed by atoms with Crippen molar-refractivity contribution < 1.29 is 57.8 Å². The van der Waals surface area contributed by atoms with Crippen molar-refractivity contribution >= 4 is 17.9 Å². The summed E-state index contributed by atoms with van der Waals surface area (Å²) in [5, 5.41) is 23.8. The lowest BCUT2D eigenvalue weighted by Gasteiger charge is -2.47. The number of aliphatic hydroxyl groups is 2. The van der Waals surface area contributed by atoms with E-state index in [1.165, 1.54) is 26.3 Å². The molecule has 1 saturated heterocycles. The van der Waals surface area contributed by atoms with Gasteiger partial charge in [-0.3, -0.25) is 14.4 Å². The summed E-state index contributed by atoms with van der Waals surface area (Å²) >= 11 is 0. The molecule has 4 aliphatic rings. The van der Waals surface area contributed by atoms with Crippen LogP contribution in [-0.4, -0.2) is 104 Å². The van der Waals surface area contributed by atoms with Crippen LogP contribution in [0.5, 0.6) is 0 Å². The molecular formula is C38H56O12. The first-order valence-corrected chi connectivity index (χ1v) is 17.5. The summed E-state index contributed by atoms with van der Waals surface area (Å²) in [7, 11) is 1.69. The van der Waals surface area contributed by atoms with E-state index in [4.69, 9.17) is 33.2 Å². The Morgan fingerprint density at radius 2 is 1.72 bits per heavy atom. The van der Waals surface area contributed by atoms with Crippen molar-refractivity contribution in [2.75, 3.05) is 26.9 Å². The number of ether oxygens (including phenoxy) is 7. The molecule has 1 saturated carbocycles. The Labute approximate surface area is 295 Å². The van der Waals surface area contributed by atoms with Gasteiger partial charge in [-0.15, -0.1) is 6.58 Å². The van der Waals surface area contributed by atoms with E-state index in [0.29, 0.717) is 6.61 Å². The van der Waals surface area contributed by atoms with E-state index in [-0.39, 0.29) is 36.9 Å². The average Bonchev–Trinajstić information content (AvgIpc) is 3.59. The smallest absolute Gasteiger partial charge is 0.303 e. The zero-order valence-electron chi connectivity index (χ0n) is 30.9. The number of methoxy groups -OCH3 is 1. The molecule has 50 heavy (non-hydrogen) atoms. The molecule has 0 amide bonds. The standard InChI is InChI=1S/C38H56O12/c1-11-37(7,8)46-19-29-32(43)34(47-23(5)40)35(48-24(6)41)36(49-29)50-33-30-26(20(2)17-45-22(4)39)14-15-38(30,9)16-28-25(18-44-10)12-13-27(28)21(3)31(33)42/h11,14-16,20-21,25,27,29,31-36,42-43H,1,12-13,17-19H2,2-10H3/b28-16-/t20-,21-,25-,27+,29+,31-,32?,33-,34?,35?,36-,38-/m1/s1. The highest BCUT2D eigenvalue weighted by Crippen LogP contribution is 2.53. The van der Waals surface area contributed by atoms with Gasteiger partial charge in [0.15, 0.2) is 18.5 Å². The fourth-order valence-electron chi connectivity index (χ4n) is 7.76. The minimum atomic E-state index is -1.46. The number of rotatable bonds is 13. The first-order valence-electron chi connectivity index (χ1n) is 17.5. The summed E-state index contributed by atoms with van der Waals surface area (Å²) in [5.74, 6) is -2.16. The number of allylic oxidation sites excluding steroid dienone is 3. The Hall–Kier alpha value is -2.87. The van der Waals surface area contributed by atoms with E-state index in [0.717, 1.165) is 24.0 Å². The van der Waals surface area contributed by atoms with Crippen molar-refractivity contribution in [2.45, 2.75) is 117 Å². The molecule has 2 N–H and O–H groups in total. The minimum Gasteiger partial charge on any atom is -0.465 e. The summed E-state index contributed by atoms with van der Waals surface area (Å²) in [5.41, 5.74) is 1.28. The van der Waals surface area contributed by atoms with Gasteiger partial charge in [0.2, 0.25) is 0 Å². The van der Waals surface area contributed by atoms with Crippen molar-refractivity contribution in [3.63, 3.8) is 0 Å². The molecule has 4 rings (SSSR count). The molecule has 0 bridgehead atoms. The van der Waals surface area contributed by atoms with Gasteiger partial charge >= 0.3 is 17.9 Å². The largest absolute Gasteiger partial charge is 0.465 e. The molecule has 0 aromatic heterocycles. The molecule has 0 aromatic rings. The Bertz CT molecular complexity index is 1360. The normalized spacial score (nSPS) is 37.1. The van der Waals surface area contributed by atoms with Crippen LogP contribution < -0.4 is 0 Å². The second kappa shape index (κ2) is 16.2. The fraction of sp³-hybridized carbons (Fsp3) is 0.711. The van der Waals surface area contributed by atoms with Crippen LogP contribution in [0.2, 0.25) is 0 Å². The molecule has 0 aromatic carbocycles. The van der Waals surface area contributed by atoms with Gasteiger partial charge < -0.3 is 43.4 Å². The minimum absolute atomic E-state index is 0.0417. The van der Waals surface area contributed by atoms with Crippen LogP contribution in [0.25, 0.3) is 0 Å². The number of carbonyl (C=O) groups excluding carboxylic acids is 3. The number of aliphatic hydroxyl groups excluding tert-OH is 2. The maximum atomic E-state index is 12.5. The Morgan fingerprint density at radius 1 is 1.06 bits per heavy atom. The molecule has 2 fully saturated rings. The Morgan fingerprint density at radius 3 is 2.32 bits per heavy atom. The third-order valence-electron chi connectivity index (χ3n) is 10.5. The van der Waals surface area contributed by atoms with E-state index in [9.17, 15) is 24.6 Å². The summed E-state index contributed by atoms with van der Waals surface area (Å²) < 4.78 is 41.4. The highest BCUT2D eigenvalue weighted by atomic mass is 16.7. The number of carbonyl (C=O) groups is 3. The van der Waals surface area contributed by atoms with E-state index < -0.39 is 71.8 Å². The molecule has 0 spiro atoms. The Kier molecular flexibility index (Phi) is 12.9. The fourth-order valence-corrected chi connectivity index (χ4v) is 7.76. The Balaban J connectivity index is 1.85. The molecule has 3 unspecified atom stereocenters. The highest BCUT2D eigenvalue weighted by Gasteiger charge is 2.54. The van der Waals surface area contributed by atoms with Crippen LogP contribution in [-0.2, 0) is 47.5 Å². The van der Waals surface area contributed by atoms with Gasteiger partial charge in [-0.2, -0.15) is 0 Å². The van der Waals surface area contributed by atoms with Crippen LogP contribution >= 0.6 is 0 Å². The monoisotopic (exact) mass is 704 g/mol. The summed E-state index contributed by atoms with van der Waals surface area (Å²) in [4.78, 5) is 36.6. The maximum Gasteiger partial charge on any atom is 0.303 e. The van der Waals surface area contributed by atoms with Crippen LogP contribution in [0.1, 0.15) is 68.2 Å². The lowest BCUT2D eigenvalue weighted by atomic mass is 9.68. The molecule has 12 nitrogen and oxygen atoms in total. The van der Waals surface area contributed by atoms with E-state index in [1.54, 1.807) is 27.0 Å². The lowest BCUT2D eigenvalue weighted by molar-refractivity contribution is -0.322. The zero-order valence-corrected chi connectivity index (χ0v) is 30.9. The number of hydrogen-bond donors (Lipinski definition) is 2. The third kappa shape index (κ3) is 8.77. The second-order valence-corrected chi connectivity index (χ2v) is 14.9. The van der Waals surface area contributed by atoms with Crippen molar-refractivity contribution in [3.8, 4) is 0 Å². The third-order valence-corrected chi connectivity index (χ3v) is 10.5. The number of hydrogen-bond acceptors (Lipinski definition) is 12. The SMILES string of the molecule is C=CC(C)(C)OC[C@@H]1O[C@H](O[C@@H]2C3=C([C@H](C)COC(C)=O)C=C[C@]3(C)/C=C3/[C@@H](COC)CC[C@H]3[C@@H](C)[C@H]2O)C(OC(C)=O)C(OC(C)=O)C1O. The summed E-state index contributed by atoms with van der Waals surface area (Å²) in [6.07, 6.45) is 0.861. The predicted molar refractivity (Wildman–Crippen MR) is 182 cm³/mol. The van der Waals surface area contributed by atoms with Crippen molar-refractivity contribution in [1.29, 1.82) is 0 Å². The first kappa shape index (κ1) is 39.9. The number of esters is 3. The first-order chi connectivity index (χ1) is 23.4. The van der Waals surface area contributed by atoms with Crippen LogP contribution in [0.3, 0.4) is 0 Å². The molecular weight excluding hydrogens is 648 g/mol. The van der Waals surface area contributed by atoms with Gasteiger partial charge in [0, 0.05) is 45.1 Å². The number of fused-ring (bicyclic) bond motifs is 2. The van der Waals surface area contributed by atoms with E-state index in [2.05, 4.69) is 25.7 Å². The molecule has 0 radical (unpaired) electrons. The van der Waals surface area contributed by atoms with Crippen molar-refractivity contribution in [1.82, 2.24) is 0 Å². The van der Waals surface area contributed by atoms with Crippen LogP contribution in [0.4, 0.5) is 0 Å². The maximum absolute atomic E-state index is 12.5. The molecule has 1 aliphatic heterocycles. The summed E-state index contributed by atoms with van der Waals surface area (Å²) in [6, 6.07) is 0. The molecule has 3 aliphatic carbocycles. The van der Waals surface area contributed by atoms with Gasteiger partial charge in [-0.25, -0.2) is 0 Å². The molecule has 12 heteroatoms. The summed E-state index contributed by atoms with van der Waals surface area (Å²) in [6.45, 7) is 17.6. The van der Waals surface area contributed by atoms with Crippen LogP contribution in [0, 0.1) is 29.1 Å². The molecule has 1 heterocycles. The average molecular weight is 705 g/mol. The van der Waals surface area contributed by atoms with Gasteiger partial charge in [0.1, 0.15) is 18.3 Å². The predicted octanol–water partition coefficient (Wildman–Crippen LogP) is 3.98. The van der Waals surface area contributed by atoms with Crippen LogP contribution in [0.15, 0.2) is 47.6 Å². The van der Waals surface area contributed by atoms with Gasteiger partial charge in [-0.1, -0.05) is 43.7 Å². The van der Waals surface area contributed by atoms with Gasteiger partial charge in [0.25, 0.3) is 0 Å². The van der Waals surface area contributed by atoms with E-state index >= 15 is 0 Å². The zero-order chi connectivity index (χ0) is 37.1. The van der Waals surface area contributed by atoms with Gasteiger partial charge in [-0.05, 0) is 56.6 Å². The topological polar surface area (TPSA) is 156 Å². The lowest BCUT2D eigenvalue weighted by Crippen LogP contribution is -2.63. The molecule has 280 valence electrons. The highest BCUT2D eigenvalue weighted by molar-refractivity contribution is 5.67. The molecule has 12 atom stereocenters. The van der Waals surface area contributed by atoms with Crippen molar-refractivity contribution in [3.05, 3.63) is 47.6 Å². The van der Waals surface area contributed by atoms with E-state index in [1.807, 2.05) is 19.9 Å². The van der Waals surface area contributed by atoms with Gasteiger partial charge in [0.05, 0.1) is 31.5 Å². The second-order valence-electron chi connectivity index (χ2n) is 14.9. The quantitative estimate of drug-likeness (QED) is 0.162.